The Morgan fingerprint density at radius 1 is 1.10 bits per heavy atom. The number of anilines is 1. The molecule has 0 spiro atoms. The Balaban J connectivity index is 1.75. The SMILES string of the molecule is CCCc1ccc(NCc2c(C)nc3ccccn23)cc1. The first-order valence-corrected chi connectivity index (χ1v) is 7.53. The van der Waals surface area contributed by atoms with Gasteiger partial charge < -0.3 is 9.72 Å². The number of nitrogens with zero attached hydrogens (tertiary/aromatic N) is 2. The van der Waals surface area contributed by atoms with Crippen LogP contribution >= 0.6 is 0 Å². The fourth-order valence-electron chi connectivity index (χ4n) is 2.64. The molecule has 0 saturated carbocycles. The largest absolute Gasteiger partial charge is 0.379 e. The highest BCUT2D eigenvalue weighted by atomic mass is 15.0. The van der Waals surface area contributed by atoms with Crippen LogP contribution in [0.3, 0.4) is 0 Å². The smallest absolute Gasteiger partial charge is 0.137 e. The maximum Gasteiger partial charge on any atom is 0.137 e. The molecule has 21 heavy (non-hydrogen) atoms. The summed E-state index contributed by atoms with van der Waals surface area (Å²) in [4.78, 5) is 4.59. The molecule has 3 heteroatoms. The van der Waals surface area contributed by atoms with Crippen molar-refractivity contribution in [2.24, 2.45) is 0 Å². The van der Waals surface area contributed by atoms with Crippen molar-refractivity contribution in [1.82, 2.24) is 9.38 Å². The van der Waals surface area contributed by atoms with E-state index in [4.69, 9.17) is 0 Å². The number of hydrogen-bond donors (Lipinski definition) is 1. The van der Waals surface area contributed by atoms with Crippen LogP contribution in [0.5, 0.6) is 0 Å². The Bertz CT molecular complexity index is 726. The fraction of sp³-hybridized carbons (Fsp3) is 0.278. The molecule has 0 fully saturated rings. The Morgan fingerprint density at radius 3 is 2.67 bits per heavy atom. The zero-order valence-corrected chi connectivity index (χ0v) is 12.6. The van der Waals surface area contributed by atoms with Gasteiger partial charge in [-0.25, -0.2) is 4.98 Å². The zero-order chi connectivity index (χ0) is 14.7. The van der Waals surface area contributed by atoms with Gasteiger partial charge in [-0.15, -0.1) is 0 Å². The van der Waals surface area contributed by atoms with E-state index in [1.54, 1.807) is 0 Å². The van der Waals surface area contributed by atoms with Gasteiger partial charge in [-0.3, -0.25) is 0 Å². The van der Waals surface area contributed by atoms with Gasteiger partial charge in [-0.05, 0) is 43.2 Å². The van der Waals surface area contributed by atoms with Gasteiger partial charge in [0.1, 0.15) is 5.65 Å². The molecule has 0 unspecified atom stereocenters. The van der Waals surface area contributed by atoms with Crippen LogP contribution in [0.15, 0.2) is 48.7 Å². The summed E-state index contributed by atoms with van der Waals surface area (Å²) in [5.74, 6) is 0. The molecular formula is C18H21N3. The average molecular weight is 279 g/mol. The predicted molar refractivity (Wildman–Crippen MR) is 87.7 cm³/mol. The van der Waals surface area contributed by atoms with Crippen LogP contribution in [0.2, 0.25) is 0 Å². The molecule has 0 aliphatic carbocycles. The summed E-state index contributed by atoms with van der Waals surface area (Å²) in [6, 6.07) is 14.8. The lowest BCUT2D eigenvalue weighted by Crippen LogP contribution is -2.04. The van der Waals surface area contributed by atoms with Crippen molar-refractivity contribution in [2.45, 2.75) is 33.2 Å². The number of imidazole rings is 1. The van der Waals surface area contributed by atoms with E-state index in [-0.39, 0.29) is 0 Å². The minimum Gasteiger partial charge on any atom is -0.379 e. The third-order valence-corrected chi connectivity index (χ3v) is 3.78. The van der Waals surface area contributed by atoms with Gasteiger partial charge in [-0.1, -0.05) is 31.5 Å². The van der Waals surface area contributed by atoms with Gasteiger partial charge in [-0.2, -0.15) is 0 Å². The highest BCUT2D eigenvalue weighted by Gasteiger charge is 2.07. The molecule has 0 atom stereocenters. The van der Waals surface area contributed by atoms with Crippen molar-refractivity contribution in [3.8, 4) is 0 Å². The summed E-state index contributed by atoms with van der Waals surface area (Å²) in [5, 5.41) is 3.49. The van der Waals surface area contributed by atoms with Crippen molar-refractivity contribution >= 4 is 11.3 Å². The molecule has 3 aromatic rings. The topological polar surface area (TPSA) is 29.3 Å². The first-order valence-electron chi connectivity index (χ1n) is 7.53. The van der Waals surface area contributed by atoms with Gasteiger partial charge in [0.05, 0.1) is 17.9 Å². The second-order valence-electron chi connectivity index (χ2n) is 5.37. The van der Waals surface area contributed by atoms with Crippen molar-refractivity contribution in [3.63, 3.8) is 0 Å². The average Bonchev–Trinajstić information content (AvgIpc) is 2.82. The molecule has 0 amide bonds. The first kappa shape index (κ1) is 13.7. The van der Waals surface area contributed by atoms with Crippen LogP contribution < -0.4 is 5.32 Å². The molecule has 3 rings (SSSR count). The Kier molecular flexibility index (Phi) is 3.91. The molecule has 3 nitrogen and oxygen atoms in total. The fourth-order valence-corrected chi connectivity index (χ4v) is 2.64. The molecule has 2 heterocycles. The Hall–Kier alpha value is -2.29. The van der Waals surface area contributed by atoms with E-state index in [0.29, 0.717) is 0 Å². The molecule has 1 aromatic carbocycles. The Labute approximate surface area is 125 Å². The molecule has 2 aromatic heterocycles. The molecule has 108 valence electrons. The van der Waals surface area contributed by atoms with E-state index in [0.717, 1.165) is 30.0 Å². The normalized spacial score (nSPS) is 11.0. The van der Waals surface area contributed by atoms with Gasteiger partial charge in [0.15, 0.2) is 0 Å². The van der Waals surface area contributed by atoms with Crippen LogP contribution in [-0.2, 0) is 13.0 Å². The maximum atomic E-state index is 4.59. The Morgan fingerprint density at radius 2 is 1.90 bits per heavy atom. The minimum absolute atomic E-state index is 0.782. The highest BCUT2D eigenvalue weighted by Crippen LogP contribution is 2.15. The van der Waals surface area contributed by atoms with E-state index in [9.17, 15) is 0 Å². The van der Waals surface area contributed by atoms with Crippen molar-refractivity contribution in [1.29, 1.82) is 0 Å². The monoisotopic (exact) mass is 279 g/mol. The summed E-state index contributed by atoms with van der Waals surface area (Å²) in [5.41, 5.74) is 5.85. The number of pyridine rings is 1. The summed E-state index contributed by atoms with van der Waals surface area (Å²) >= 11 is 0. The highest BCUT2D eigenvalue weighted by molar-refractivity contribution is 5.47. The summed E-state index contributed by atoms with van der Waals surface area (Å²) in [6.07, 6.45) is 4.40. The minimum atomic E-state index is 0.782. The number of benzene rings is 1. The number of nitrogens with one attached hydrogen (secondary N) is 1. The quantitative estimate of drug-likeness (QED) is 0.758. The van der Waals surface area contributed by atoms with Gasteiger partial charge >= 0.3 is 0 Å². The van der Waals surface area contributed by atoms with E-state index >= 15 is 0 Å². The molecule has 0 saturated heterocycles. The molecule has 0 radical (unpaired) electrons. The third kappa shape index (κ3) is 2.92. The zero-order valence-electron chi connectivity index (χ0n) is 12.6. The number of hydrogen-bond acceptors (Lipinski definition) is 2. The number of rotatable bonds is 5. The van der Waals surface area contributed by atoms with Crippen molar-refractivity contribution < 1.29 is 0 Å². The van der Waals surface area contributed by atoms with Gasteiger partial charge in [0.25, 0.3) is 0 Å². The van der Waals surface area contributed by atoms with Crippen LogP contribution in [0, 0.1) is 6.92 Å². The predicted octanol–water partition coefficient (Wildman–Crippen LogP) is 4.21. The van der Waals surface area contributed by atoms with E-state index in [1.165, 1.54) is 17.7 Å². The molecule has 0 bridgehead atoms. The lowest BCUT2D eigenvalue weighted by atomic mass is 10.1. The van der Waals surface area contributed by atoms with Crippen LogP contribution in [-0.4, -0.2) is 9.38 Å². The van der Waals surface area contributed by atoms with E-state index in [1.807, 2.05) is 18.2 Å². The maximum absolute atomic E-state index is 4.59. The standard InChI is InChI=1S/C18H21N3/c1-3-6-15-8-10-16(11-9-15)19-13-17-14(2)20-18-7-4-5-12-21(17)18/h4-5,7-12,19H,3,6,13H2,1-2H3. The van der Waals surface area contributed by atoms with Crippen LogP contribution in [0.25, 0.3) is 5.65 Å². The third-order valence-electron chi connectivity index (χ3n) is 3.78. The molecule has 1 N–H and O–H groups in total. The molecular weight excluding hydrogens is 258 g/mol. The lowest BCUT2D eigenvalue weighted by Gasteiger charge is -2.08. The van der Waals surface area contributed by atoms with E-state index < -0.39 is 0 Å². The van der Waals surface area contributed by atoms with Crippen molar-refractivity contribution in [3.05, 3.63) is 65.6 Å². The second kappa shape index (κ2) is 6.00. The lowest BCUT2D eigenvalue weighted by molar-refractivity contribution is 0.921. The van der Waals surface area contributed by atoms with Crippen LogP contribution in [0.4, 0.5) is 5.69 Å². The molecule has 0 aliphatic heterocycles. The van der Waals surface area contributed by atoms with E-state index in [2.05, 4.69) is 59.0 Å². The summed E-state index contributed by atoms with van der Waals surface area (Å²) in [7, 11) is 0. The van der Waals surface area contributed by atoms with Crippen LogP contribution in [0.1, 0.15) is 30.3 Å². The summed E-state index contributed by atoms with van der Waals surface area (Å²) in [6.45, 7) is 5.05. The molecule has 0 aliphatic rings. The second-order valence-corrected chi connectivity index (χ2v) is 5.37. The van der Waals surface area contributed by atoms with Gasteiger partial charge in [0.2, 0.25) is 0 Å². The number of aryl methyl sites for hydroxylation is 2. The first-order chi connectivity index (χ1) is 10.3. The van der Waals surface area contributed by atoms with Gasteiger partial charge in [0, 0.05) is 11.9 Å². The number of aromatic nitrogens is 2. The number of fused-ring (bicyclic) bond motifs is 1. The summed E-state index contributed by atoms with van der Waals surface area (Å²) < 4.78 is 2.15. The van der Waals surface area contributed by atoms with Crippen molar-refractivity contribution in [2.75, 3.05) is 5.32 Å².